The van der Waals surface area contributed by atoms with Crippen LogP contribution in [0.15, 0.2) is 29.3 Å². The molecule has 162 valence electrons. The summed E-state index contributed by atoms with van der Waals surface area (Å²) in [6.45, 7) is 9.74. The Morgan fingerprint density at radius 2 is 2.10 bits per heavy atom. The molecule has 0 amide bonds. The molecule has 2 N–H and O–H groups in total. The Balaban J connectivity index is 1.62. The molecule has 29 heavy (non-hydrogen) atoms. The van der Waals surface area contributed by atoms with Crippen LogP contribution in [-0.2, 0) is 4.74 Å². The lowest BCUT2D eigenvalue weighted by atomic mass is 9.99. The molecule has 6 nitrogen and oxygen atoms in total. The van der Waals surface area contributed by atoms with Crippen LogP contribution in [-0.4, -0.2) is 69.0 Å². The molecule has 1 aromatic carbocycles. The molecule has 2 aliphatic heterocycles. The average Bonchev–Trinajstić information content (AvgIpc) is 3.21. The Morgan fingerprint density at radius 1 is 1.31 bits per heavy atom. The topological polar surface area (TPSA) is 58.1 Å². The van der Waals surface area contributed by atoms with E-state index >= 15 is 0 Å². The molecule has 2 fully saturated rings. The van der Waals surface area contributed by atoms with Crippen molar-refractivity contribution in [2.45, 2.75) is 43.9 Å². The van der Waals surface area contributed by atoms with E-state index in [1.54, 1.807) is 7.11 Å². The first-order chi connectivity index (χ1) is 14.2. The quantitative estimate of drug-likeness (QED) is 0.498. The lowest BCUT2D eigenvalue weighted by molar-refractivity contribution is 0.0793. The molecule has 3 rings (SSSR count). The molecule has 1 aromatic rings. The number of thioether (sulfide) groups is 1. The summed E-state index contributed by atoms with van der Waals surface area (Å²) in [5.41, 5.74) is 1.17. The molecule has 2 heterocycles. The van der Waals surface area contributed by atoms with Crippen molar-refractivity contribution in [2.75, 3.05) is 57.2 Å². The number of rotatable bonds is 8. The van der Waals surface area contributed by atoms with Crippen LogP contribution in [0.3, 0.4) is 0 Å². The predicted octanol–water partition coefficient (Wildman–Crippen LogP) is 3.13. The molecule has 2 aliphatic rings. The van der Waals surface area contributed by atoms with Gasteiger partial charge in [0.2, 0.25) is 0 Å². The highest BCUT2D eigenvalue weighted by Crippen LogP contribution is 2.35. The number of guanidine groups is 1. The van der Waals surface area contributed by atoms with Gasteiger partial charge in [0.25, 0.3) is 0 Å². The maximum absolute atomic E-state index is 5.60. The van der Waals surface area contributed by atoms with Gasteiger partial charge in [-0.2, -0.15) is 11.8 Å². The third-order valence-electron chi connectivity index (χ3n) is 5.68. The Morgan fingerprint density at radius 3 is 2.83 bits per heavy atom. The second-order valence-corrected chi connectivity index (χ2v) is 9.40. The normalized spacial score (nSPS) is 21.8. The Kier molecular flexibility index (Phi) is 8.36. The largest absolute Gasteiger partial charge is 0.495 e. The molecule has 1 unspecified atom stereocenters. The van der Waals surface area contributed by atoms with Gasteiger partial charge in [-0.05, 0) is 44.1 Å². The molecular formula is C22H36N4O2S. The predicted molar refractivity (Wildman–Crippen MR) is 124 cm³/mol. The molecule has 7 heteroatoms. The minimum Gasteiger partial charge on any atom is -0.495 e. The summed E-state index contributed by atoms with van der Waals surface area (Å²) in [7, 11) is 1.74. The van der Waals surface area contributed by atoms with Crippen LogP contribution in [0.4, 0.5) is 5.69 Å². The molecular weight excluding hydrogens is 384 g/mol. The summed E-state index contributed by atoms with van der Waals surface area (Å²) in [6, 6.07) is 8.63. The van der Waals surface area contributed by atoms with Crippen LogP contribution >= 0.6 is 11.8 Å². The smallest absolute Gasteiger partial charge is 0.191 e. The molecule has 0 spiro atoms. The van der Waals surface area contributed by atoms with Gasteiger partial charge in [0.15, 0.2) is 5.96 Å². The van der Waals surface area contributed by atoms with E-state index in [-0.39, 0.29) is 4.75 Å². The van der Waals surface area contributed by atoms with Crippen LogP contribution < -0.4 is 20.3 Å². The molecule has 0 bridgehead atoms. The van der Waals surface area contributed by atoms with E-state index in [1.807, 2.05) is 23.9 Å². The zero-order valence-corrected chi connectivity index (χ0v) is 18.9. The third-order valence-corrected chi connectivity index (χ3v) is 7.12. The highest BCUT2D eigenvalue weighted by molar-refractivity contribution is 8.00. The van der Waals surface area contributed by atoms with Crippen molar-refractivity contribution in [3.63, 3.8) is 0 Å². The Labute approximate surface area is 179 Å². The first kappa shape index (κ1) is 22.1. The van der Waals surface area contributed by atoms with Gasteiger partial charge in [0.1, 0.15) is 5.75 Å². The van der Waals surface area contributed by atoms with Crippen molar-refractivity contribution in [3.05, 3.63) is 24.3 Å². The second-order valence-electron chi connectivity index (χ2n) is 7.67. The number of benzene rings is 1. The number of aliphatic imine (C=N–C) groups is 1. The minimum absolute atomic E-state index is 0.217. The molecule has 0 aromatic heterocycles. The van der Waals surface area contributed by atoms with E-state index in [1.165, 1.54) is 5.69 Å². The zero-order chi connectivity index (χ0) is 20.5. The van der Waals surface area contributed by atoms with Gasteiger partial charge < -0.3 is 25.0 Å². The number of methoxy groups -OCH3 is 1. The lowest BCUT2D eigenvalue weighted by Crippen LogP contribution is -2.46. The molecule has 1 atom stereocenters. The van der Waals surface area contributed by atoms with Crippen molar-refractivity contribution in [2.24, 2.45) is 4.99 Å². The number of anilines is 1. The summed E-state index contributed by atoms with van der Waals surface area (Å²) in [5.74, 6) is 2.99. The van der Waals surface area contributed by atoms with Crippen LogP contribution in [0.25, 0.3) is 0 Å². The summed E-state index contributed by atoms with van der Waals surface area (Å²) in [4.78, 5) is 7.39. The summed E-state index contributed by atoms with van der Waals surface area (Å²) in [6.07, 6.45) is 3.25. The molecule has 0 radical (unpaired) electrons. The fourth-order valence-electron chi connectivity index (χ4n) is 4.12. The van der Waals surface area contributed by atoms with Gasteiger partial charge in [-0.1, -0.05) is 19.1 Å². The maximum atomic E-state index is 5.60. The van der Waals surface area contributed by atoms with Gasteiger partial charge in [-0.25, -0.2) is 0 Å². The van der Waals surface area contributed by atoms with Gasteiger partial charge in [0.05, 0.1) is 19.3 Å². The summed E-state index contributed by atoms with van der Waals surface area (Å²) < 4.78 is 11.4. The Hall–Kier alpha value is -1.60. The van der Waals surface area contributed by atoms with Gasteiger partial charge >= 0.3 is 0 Å². The van der Waals surface area contributed by atoms with Gasteiger partial charge in [-0.3, -0.25) is 4.99 Å². The van der Waals surface area contributed by atoms with Crippen LogP contribution in [0.2, 0.25) is 0 Å². The average molecular weight is 421 g/mol. The minimum atomic E-state index is 0.217. The first-order valence-corrected chi connectivity index (χ1v) is 11.8. The van der Waals surface area contributed by atoms with E-state index in [0.29, 0.717) is 6.04 Å². The van der Waals surface area contributed by atoms with Gasteiger partial charge in [-0.15, -0.1) is 0 Å². The van der Waals surface area contributed by atoms with E-state index < -0.39 is 0 Å². The van der Waals surface area contributed by atoms with Crippen LogP contribution in [0.5, 0.6) is 5.75 Å². The highest BCUT2D eigenvalue weighted by Gasteiger charge is 2.33. The third kappa shape index (κ3) is 5.95. The number of hydrogen-bond acceptors (Lipinski definition) is 5. The molecule has 0 saturated carbocycles. The highest BCUT2D eigenvalue weighted by atomic mass is 32.2. The fourth-order valence-corrected chi connectivity index (χ4v) is 5.35. The van der Waals surface area contributed by atoms with Crippen LogP contribution in [0, 0.1) is 0 Å². The van der Waals surface area contributed by atoms with Crippen molar-refractivity contribution >= 4 is 23.4 Å². The number of ether oxygens (including phenoxy) is 2. The van der Waals surface area contributed by atoms with Crippen molar-refractivity contribution in [1.29, 1.82) is 0 Å². The van der Waals surface area contributed by atoms with Gasteiger partial charge in [0, 0.05) is 43.6 Å². The number of nitrogens with one attached hydrogen (secondary N) is 2. The summed E-state index contributed by atoms with van der Waals surface area (Å²) in [5, 5.41) is 7.11. The van der Waals surface area contributed by atoms with E-state index in [9.17, 15) is 0 Å². The second kappa shape index (κ2) is 11.0. The maximum Gasteiger partial charge on any atom is 0.191 e. The number of nitrogens with zero attached hydrogens (tertiary/aromatic N) is 2. The zero-order valence-electron chi connectivity index (χ0n) is 18.1. The first-order valence-electron chi connectivity index (χ1n) is 10.8. The number of hydrogen-bond donors (Lipinski definition) is 2. The molecule has 2 saturated heterocycles. The van der Waals surface area contributed by atoms with Crippen molar-refractivity contribution in [1.82, 2.24) is 10.6 Å². The van der Waals surface area contributed by atoms with Crippen molar-refractivity contribution < 1.29 is 9.47 Å². The van der Waals surface area contributed by atoms with E-state index in [0.717, 1.165) is 76.1 Å². The summed E-state index contributed by atoms with van der Waals surface area (Å²) >= 11 is 2.04. The number of para-hydroxylation sites is 2. The van der Waals surface area contributed by atoms with Crippen LogP contribution in [0.1, 0.15) is 33.1 Å². The van der Waals surface area contributed by atoms with Crippen molar-refractivity contribution in [3.8, 4) is 5.75 Å². The monoisotopic (exact) mass is 420 g/mol. The lowest BCUT2D eigenvalue weighted by Gasteiger charge is -2.35. The fraction of sp³-hybridized carbons (Fsp3) is 0.682. The standard InChI is InChI=1S/C22H36N4O2S/c1-4-23-21(24-17-22(29-5-2)11-14-28-15-12-22)25-18-10-13-26(16-18)19-8-6-7-9-20(19)27-3/h6-9,18H,4-5,10-17H2,1-3H3,(H2,23,24,25). The Bertz CT molecular complexity index is 658. The SMILES string of the molecule is CCNC(=NCC1(SCC)CCOCC1)NC1CCN(c2ccccc2OC)C1. The van der Waals surface area contributed by atoms with E-state index in [4.69, 9.17) is 14.5 Å². The van der Waals surface area contributed by atoms with E-state index in [2.05, 4.69) is 41.5 Å². The molecule has 0 aliphatic carbocycles.